The van der Waals surface area contributed by atoms with Crippen LogP contribution in [0.1, 0.15) is 23.0 Å². The molecule has 160 valence electrons. The molecule has 1 N–H and O–H groups in total. The number of anilines is 2. The molecule has 1 saturated heterocycles. The number of para-hydroxylation sites is 2. The lowest BCUT2D eigenvalue weighted by Gasteiger charge is -2.32. The van der Waals surface area contributed by atoms with Gasteiger partial charge in [0.2, 0.25) is 11.8 Å². The molecule has 0 radical (unpaired) electrons. The number of imide groups is 1. The molecule has 5 rings (SSSR count). The van der Waals surface area contributed by atoms with Gasteiger partial charge in [0, 0.05) is 11.8 Å². The minimum absolute atomic E-state index is 0.0908. The van der Waals surface area contributed by atoms with Crippen LogP contribution >= 0.6 is 0 Å². The number of rotatable bonds is 4. The predicted octanol–water partition coefficient (Wildman–Crippen LogP) is 4.62. The van der Waals surface area contributed by atoms with Gasteiger partial charge < -0.3 is 10.4 Å². The van der Waals surface area contributed by atoms with Crippen molar-refractivity contribution in [1.29, 1.82) is 0 Å². The molecule has 1 heterocycles. The number of amides is 2. The fourth-order valence-corrected chi connectivity index (χ4v) is 4.99. The molecule has 4 atom stereocenters. The lowest BCUT2D eigenvalue weighted by atomic mass is 9.68. The number of allylic oxidation sites excluding steroid dienone is 2. The lowest BCUT2D eigenvalue weighted by Crippen LogP contribution is -2.33. The first-order chi connectivity index (χ1) is 15.6. The number of nitrogens with zero attached hydrogens (tertiary/aromatic N) is 2. The van der Waals surface area contributed by atoms with E-state index < -0.39 is 11.8 Å². The molecule has 0 aromatic heterocycles. The zero-order chi connectivity index (χ0) is 22.2. The summed E-state index contributed by atoms with van der Waals surface area (Å²) in [5.41, 5.74) is 1.85. The fourth-order valence-electron chi connectivity index (χ4n) is 4.99. The highest BCUT2D eigenvalue weighted by atomic mass is 16.8. The van der Waals surface area contributed by atoms with Gasteiger partial charge in [0.1, 0.15) is 0 Å². The first-order valence-electron chi connectivity index (χ1n) is 10.5. The summed E-state index contributed by atoms with van der Waals surface area (Å²) in [6.07, 6.45) is 4.03. The zero-order valence-corrected chi connectivity index (χ0v) is 17.1. The first-order valence-corrected chi connectivity index (χ1v) is 10.5. The summed E-state index contributed by atoms with van der Waals surface area (Å²) in [5.74, 6) is -2.51. The Hall–Kier alpha value is -3.74. The van der Waals surface area contributed by atoms with Crippen LogP contribution in [-0.2, 0) is 9.59 Å². The van der Waals surface area contributed by atoms with E-state index in [9.17, 15) is 20.0 Å². The smallest absolute Gasteiger partial charge is 0.238 e. The maximum atomic E-state index is 13.8. The third-order valence-electron chi connectivity index (χ3n) is 6.40. The largest absolute Gasteiger partial charge is 0.733 e. The molecule has 1 aliphatic heterocycles. The van der Waals surface area contributed by atoms with Gasteiger partial charge in [-0.05, 0) is 23.3 Å². The summed E-state index contributed by atoms with van der Waals surface area (Å²) in [7, 11) is 0. The quantitative estimate of drug-likeness (QED) is 0.375. The molecule has 2 aliphatic rings. The monoisotopic (exact) mass is 425 g/mol. The molecule has 1 aliphatic carbocycles. The second-order valence-electron chi connectivity index (χ2n) is 8.08. The summed E-state index contributed by atoms with van der Waals surface area (Å²) in [6.45, 7) is 0. The van der Waals surface area contributed by atoms with Crippen molar-refractivity contribution in [1.82, 2.24) is 0 Å². The standard InChI is InChI=1S/C26H21N2O4/c29-25-23-19(17-9-3-1-4-10-17)15-16-20(18-11-5-2-6-12-18)24(23)26(30)27(25)21-13-7-8-14-22(21)28(31)32/h1-16,19-20,23-24,31H/q-1. The van der Waals surface area contributed by atoms with Gasteiger partial charge in [0.15, 0.2) is 0 Å². The van der Waals surface area contributed by atoms with Gasteiger partial charge in [0.25, 0.3) is 0 Å². The normalized spacial score (nSPS) is 24.5. The van der Waals surface area contributed by atoms with Crippen LogP contribution in [0.5, 0.6) is 0 Å². The molecule has 0 spiro atoms. The number of carbonyl (C=O) groups is 2. The average molecular weight is 425 g/mol. The van der Waals surface area contributed by atoms with Gasteiger partial charge in [0.05, 0.1) is 23.2 Å². The molecule has 2 amide bonds. The molecule has 4 unspecified atom stereocenters. The first kappa shape index (κ1) is 20.2. The van der Waals surface area contributed by atoms with Gasteiger partial charge >= 0.3 is 0 Å². The van der Waals surface area contributed by atoms with Gasteiger partial charge in [-0.25, -0.2) is 4.90 Å². The summed E-state index contributed by atoms with van der Waals surface area (Å²) in [4.78, 5) is 28.6. The van der Waals surface area contributed by atoms with Crippen molar-refractivity contribution in [2.24, 2.45) is 11.8 Å². The van der Waals surface area contributed by atoms with Crippen LogP contribution < -0.4 is 10.1 Å². The number of benzene rings is 3. The predicted molar refractivity (Wildman–Crippen MR) is 121 cm³/mol. The highest BCUT2D eigenvalue weighted by molar-refractivity contribution is 6.24. The maximum absolute atomic E-state index is 13.8. The second kappa shape index (κ2) is 8.07. The SMILES string of the molecule is O=C1C2C(c3ccccc3)C=CC(c3ccccc3)C2C(=O)N1c1ccccc1N([O-])O. The van der Waals surface area contributed by atoms with Crippen molar-refractivity contribution in [3.05, 3.63) is 113 Å². The summed E-state index contributed by atoms with van der Waals surface area (Å²) >= 11 is 0. The molecule has 3 aromatic carbocycles. The Balaban J connectivity index is 1.65. The Morgan fingerprint density at radius 3 is 1.59 bits per heavy atom. The molecular weight excluding hydrogens is 404 g/mol. The topological polar surface area (TPSA) is 83.9 Å². The summed E-state index contributed by atoms with van der Waals surface area (Å²) in [5, 5.41) is 21.0. The molecule has 3 aromatic rings. The van der Waals surface area contributed by atoms with E-state index in [0.717, 1.165) is 16.0 Å². The van der Waals surface area contributed by atoms with E-state index in [1.54, 1.807) is 12.1 Å². The van der Waals surface area contributed by atoms with E-state index >= 15 is 0 Å². The van der Waals surface area contributed by atoms with Crippen molar-refractivity contribution in [2.45, 2.75) is 11.8 Å². The van der Waals surface area contributed by atoms with E-state index in [1.807, 2.05) is 72.8 Å². The Labute approximate surface area is 185 Å². The average Bonchev–Trinajstić information content (AvgIpc) is 3.10. The fraction of sp³-hybridized carbons (Fsp3) is 0.154. The van der Waals surface area contributed by atoms with Gasteiger partial charge in [-0.3, -0.25) is 14.8 Å². The van der Waals surface area contributed by atoms with Crippen molar-refractivity contribution < 1.29 is 14.8 Å². The zero-order valence-electron chi connectivity index (χ0n) is 17.1. The van der Waals surface area contributed by atoms with Crippen molar-refractivity contribution in [3.8, 4) is 0 Å². The Bertz CT molecular complexity index is 1110. The number of hydrogen-bond acceptors (Lipinski definition) is 5. The third kappa shape index (κ3) is 3.21. The Morgan fingerprint density at radius 2 is 1.12 bits per heavy atom. The van der Waals surface area contributed by atoms with Crippen molar-refractivity contribution >= 4 is 23.2 Å². The highest BCUT2D eigenvalue weighted by Crippen LogP contribution is 2.51. The highest BCUT2D eigenvalue weighted by Gasteiger charge is 2.55. The van der Waals surface area contributed by atoms with Gasteiger partial charge in [-0.1, -0.05) is 84.9 Å². The second-order valence-corrected chi connectivity index (χ2v) is 8.08. The van der Waals surface area contributed by atoms with Crippen molar-refractivity contribution in [2.75, 3.05) is 10.1 Å². The molecule has 6 heteroatoms. The van der Waals surface area contributed by atoms with Crippen molar-refractivity contribution in [3.63, 3.8) is 0 Å². The molecule has 0 bridgehead atoms. The minimum atomic E-state index is -0.619. The van der Waals surface area contributed by atoms with Crippen LogP contribution in [-0.4, -0.2) is 17.0 Å². The maximum Gasteiger partial charge on any atom is 0.238 e. The van der Waals surface area contributed by atoms with Crippen LogP contribution in [0.15, 0.2) is 97.1 Å². The minimum Gasteiger partial charge on any atom is -0.733 e. The van der Waals surface area contributed by atoms with Crippen LogP contribution in [0.3, 0.4) is 0 Å². The Morgan fingerprint density at radius 1 is 0.688 bits per heavy atom. The summed E-state index contributed by atoms with van der Waals surface area (Å²) in [6, 6.07) is 25.4. The third-order valence-corrected chi connectivity index (χ3v) is 6.40. The lowest BCUT2D eigenvalue weighted by molar-refractivity contribution is -0.122. The van der Waals surface area contributed by atoms with E-state index in [4.69, 9.17) is 0 Å². The molecular formula is C26H21N2O4-. The molecule has 0 saturated carbocycles. The van der Waals surface area contributed by atoms with Crippen LogP contribution in [0.2, 0.25) is 0 Å². The number of fused-ring (bicyclic) bond motifs is 1. The van der Waals surface area contributed by atoms with Gasteiger partial charge in [-0.15, -0.1) is 0 Å². The van der Waals surface area contributed by atoms with E-state index in [-0.39, 0.29) is 40.3 Å². The van der Waals surface area contributed by atoms with E-state index in [0.29, 0.717) is 0 Å². The van der Waals surface area contributed by atoms with Crippen LogP contribution in [0, 0.1) is 17.0 Å². The molecule has 6 nitrogen and oxygen atoms in total. The number of hydrogen-bond donors (Lipinski definition) is 1. The summed E-state index contributed by atoms with van der Waals surface area (Å²) < 4.78 is 0. The van der Waals surface area contributed by atoms with Crippen LogP contribution in [0.4, 0.5) is 11.4 Å². The molecule has 1 fully saturated rings. The van der Waals surface area contributed by atoms with Gasteiger partial charge in [-0.2, -0.15) is 0 Å². The number of carbonyl (C=O) groups excluding carboxylic acids is 2. The molecule has 32 heavy (non-hydrogen) atoms. The van der Waals surface area contributed by atoms with E-state index in [2.05, 4.69) is 0 Å². The van der Waals surface area contributed by atoms with Crippen LogP contribution in [0.25, 0.3) is 0 Å². The Kier molecular flexibility index (Phi) is 5.09. The van der Waals surface area contributed by atoms with E-state index in [1.165, 1.54) is 12.1 Å².